The van der Waals surface area contributed by atoms with Crippen molar-refractivity contribution in [2.75, 3.05) is 6.61 Å². The van der Waals surface area contributed by atoms with Crippen LogP contribution in [0.3, 0.4) is 0 Å². The Morgan fingerprint density at radius 1 is 1.45 bits per heavy atom. The van der Waals surface area contributed by atoms with Crippen LogP contribution in [-0.2, 0) is 0 Å². The van der Waals surface area contributed by atoms with E-state index in [2.05, 4.69) is 20.4 Å². The Bertz CT molecular complexity index is 728. The lowest BCUT2D eigenvalue weighted by molar-refractivity contribution is 0.0851. The minimum atomic E-state index is -0.277. The second-order valence-electron chi connectivity index (χ2n) is 6.41. The van der Waals surface area contributed by atoms with Gasteiger partial charge in [0.2, 0.25) is 5.82 Å². The van der Waals surface area contributed by atoms with Crippen LogP contribution < -0.4 is 5.32 Å². The van der Waals surface area contributed by atoms with E-state index < -0.39 is 0 Å². The molecule has 2 saturated carbocycles. The number of amides is 1. The van der Waals surface area contributed by atoms with E-state index in [-0.39, 0.29) is 30.3 Å². The lowest BCUT2D eigenvalue weighted by Crippen LogP contribution is -2.45. The molecule has 2 aliphatic carbocycles. The number of nitrogens with one attached hydrogen (secondary N) is 1. The number of fused-ring (bicyclic) bond motifs is 3. The molecule has 2 aliphatic rings. The average Bonchev–Trinajstić information content (AvgIpc) is 3.21. The summed E-state index contributed by atoms with van der Waals surface area (Å²) >= 11 is 0. The standard InChI is InChI=1S/C15H19N5O2/c1-8-4-5-16-15-18-13(19-20(8)15)14(22)17-12-10-3-2-9(6-10)11(12)7-21/h4-5,9-12,21H,2-3,6-7H2,1H3,(H,17,22). The Labute approximate surface area is 127 Å². The van der Waals surface area contributed by atoms with Crippen molar-refractivity contribution in [2.24, 2.45) is 17.8 Å². The molecule has 22 heavy (non-hydrogen) atoms. The number of carbonyl (C=O) groups excluding carboxylic acids is 1. The van der Waals surface area contributed by atoms with Gasteiger partial charge in [-0.15, -0.1) is 5.10 Å². The van der Waals surface area contributed by atoms with Gasteiger partial charge in [-0.1, -0.05) is 0 Å². The molecule has 2 heterocycles. The number of aliphatic hydroxyl groups is 1. The minimum Gasteiger partial charge on any atom is -0.396 e. The van der Waals surface area contributed by atoms with E-state index in [9.17, 15) is 9.90 Å². The minimum absolute atomic E-state index is 0.0388. The number of aromatic nitrogens is 4. The number of aryl methyl sites for hydroxylation is 1. The fraction of sp³-hybridized carbons (Fsp3) is 0.600. The number of aliphatic hydroxyl groups excluding tert-OH is 1. The number of nitrogens with zero attached hydrogens (tertiary/aromatic N) is 4. The van der Waals surface area contributed by atoms with Crippen molar-refractivity contribution >= 4 is 11.7 Å². The molecular weight excluding hydrogens is 282 g/mol. The first-order valence-electron chi connectivity index (χ1n) is 7.77. The Morgan fingerprint density at radius 3 is 3.05 bits per heavy atom. The molecule has 0 saturated heterocycles. The molecular formula is C15H19N5O2. The highest BCUT2D eigenvalue weighted by molar-refractivity contribution is 5.91. The van der Waals surface area contributed by atoms with Crippen LogP contribution in [0.2, 0.25) is 0 Å². The van der Waals surface area contributed by atoms with E-state index in [4.69, 9.17) is 0 Å². The predicted molar refractivity (Wildman–Crippen MR) is 78.2 cm³/mol. The summed E-state index contributed by atoms with van der Waals surface area (Å²) in [5.74, 6) is 1.47. The van der Waals surface area contributed by atoms with Crippen LogP contribution in [0.4, 0.5) is 0 Å². The Kier molecular flexibility index (Phi) is 3.11. The first kappa shape index (κ1) is 13.6. The molecule has 4 rings (SSSR count). The summed E-state index contributed by atoms with van der Waals surface area (Å²) in [5.41, 5.74) is 0.879. The zero-order chi connectivity index (χ0) is 15.3. The van der Waals surface area contributed by atoms with Gasteiger partial charge >= 0.3 is 0 Å². The van der Waals surface area contributed by atoms with Crippen molar-refractivity contribution in [3.63, 3.8) is 0 Å². The third-order valence-corrected chi connectivity index (χ3v) is 5.23. The zero-order valence-corrected chi connectivity index (χ0v) is 12.4. The first-order valence-corrected chi connectivity index (χ1v) is 7.77. The number of hydrogen-bond acceptors (Lipinski definition) is 5. The highest BCUT2D eigenvalue weighted by Crippen LogP contribution is 2.48. The predicted octanol–water partition coefficient (Wildman–Crippen LogP) is 0.570. The fourth-order valence-corrected chi connectivity index (χ4v) is 4.12. The first-order chi connectivity index (χ1) is 10.7. The van der Waals surface area contributed by atoms with Crippen LogP contribution in [-0.4, -0.2) is 43.2 Å². The molecule has 0 aromatic carbocycles. The summed E-state index contributed by atoms with van der Waals surface area (Å²) in [6.07, 6.45) is 5.05. The topological polar surface area (TPSA) is 92.4 Å². The average molecular weight is 301 g/mol. The van der Waals surface area contributed by atoms with Crippen molar-refractivity contribution < 1.29 is 9.90 Å². The molecule has 0 radical (unpaired) electrons. The maximum atomic E-state index is 12.5. The SMILES string of the molecule is Cc1ccnc2nc(C(=O)NC3C4CCC(C4)C3CO)nn12. The normalized spacial score (nSPS) is 30.1. The lowest BCUT2D eigenvalue weighted by atomic mass is 9.85. The van der Waals surface area contributed by atoms with Gasteiger partial charge in [0.15, 0.2) is 0 Å². The second kappa shape index (κ2) is 5.01. The monoisotopic (exact) mass is 301 g/mol. The molecule has 2 bridgehead atoms. The quantitative estimate of drug-likeness (QED) is 0.864. The largest absolute Gasteiger partial charge is 0.396 e. The molecule has 0 spiro atoms. The highest BCUT2D eigenvalue weighted by atomic mass is 16.3. The van der Waals surface area contributed by atoms with Crippen LogP contribution in [0.5, 0.6) is 0 Å². The molecule has 1 amide bonds. The maximum absolute atomic E-state index is 12.5. The Morgan fingerprint density at radius 2 is 2.27 bits per heavy atom. The van der Waals surface area contributed by atoms with Gasteiger partial charge in [0.05, 0.1) is 0 Å². The highest BCUT2D eigenvalue weighted by Gasteiger charge is 2.47. The van der Waals surface area contributed by atoms with Crippen LogP contribution >= 0.6 is 0 Å². The van der Waals surface area contributed by atoms with Crippen LogP contribution in [0, 0.1) is 24.7 Å². The van der Waals surface area contributed by atoms with Gasteiger partial charge < -0.3 is 10.4 Å². The Balaban J connectivity index is 1.57. The molecule has 2 N–H and O–H groups in total. The summed E-state index contributed by atoms with van der Waals surface area (Å²) in [4.78, 5) is 20.8. The van der Waals surface area contributed by atoms with Crippen molar-refractivity contribution in [3.05, 3.63) is 23.8 Å². The van der Waals surface area contributed by atoms with Gasteiger partial charge in [0.25, 0.3) is 11.7 Å². The summed E-state index contributed by atoms with van der Waals surface area (Å²) in [5, 5.41) is 16.9. The van der Waals surface area contributed by atoms with Gasteiger partial charge in [-0.25, -0.2) is 9.50 Å². The number of hydrogen-bond donors (Lipinski definition) is 2. The molecule has 7 heteroatoms. The Hall–Kier alpha value is -2.02. The van der Waals surface area contributed by atoms with Gasteiger partial charge in [-0.2, -0.15) is 4.98 Å². The van der Waals surface area contributed by atoms with Crippen LogP contribution in [0.15, 0.2) is 12.3 Å². The lowest BCUT2D eigenvalue weighted by Gasteiger charge is -2.30. The number of carbonyl (C=O) groups is 1. The smallest absolute Gasteiger partial charge is 0.291 e. The van der Waals surface area contributed by atoms with Crippen LogP contribution in [0.25, 0.3) is 5.78 Å². The molecule has 0 aliphatic heterocycles. The molecule has 7 nitrogen and oxygen atoms in total. The summed E-state index contributed by atoms with van der Waals surface area (Å²) in [6, 6.07) is 1.86. The van der Waals surface area contributed by atoms with Gasteiger partial charge in [-0.3, -0.25) is 4.79 Å². The van der Waals surface area contributed by atoms with Gasteiger partial charge in [0, 0.05) is 30.5 Å². The summed E-state index contributed by atoms with van der Waals surface area (Å²) < 4.78 is 1.57. The molecule has 4 atom stereocenters. The molecule has 2 fully saturated rings. The van der Waals surface area contributed by atoms with E-state index in [0.717, 1.165) is 25.0 Å². The maximum Gasteiger partial charge on any atom is 0.291 e. The molecule has 2 aromatic rings. The van der Waals surface area contributed by atoms with Crippen molar-refractivity contribution in [3.8, 4) is 0 Å². The van der Waals surface area contributed by atoms with Crippen molar-refractivity contribution in [2.45, 2.75) is 32.2 Å². The van der Waals surface area contributed by atoms with E-state index in [1.54, 1.807) is 10.7 Å². The zero-order valence-electron chi connectivity index (χ0n) is 12.4. The number of rotatable bonds is 3. The summed E-state index contributed by atoms with van der Waals surface area (Å²) in [7, 11) is 0. The third kappa shape index (κ3) is 1.99. The fourth-order valence-electron chi connectivity index (χ4n) is 4.12. The van der Waals surface area contributed by atoms with Gasteiger partial charge in [0.1, 0.15) is 0 Å². The molecule has 4 unspecified atom stereocenters. The molecule has 116 valence electrons. The summed E-state index contributed by atoms with van der Waals surface area (Å²) in [6.45, 7) is 2.02. The van der Waals surface area contributed by atoms with E-state index >= 15 is 0 Å². The van der Waals surface area contributed by atoms with Crippen LogP contribution in [0.1, 0.15) is 35.6 Å². The van der Waals surface area contributed by atoms with Crippen molar-refractivity contribution in [1.82, 2.24) is 24.9 Å². The van der Waals surface area contributed by atoms with E-state index in [1.165, 1.54) is 0 Å². The van der Waals surface area contributed by atoms with Gasteiger partial charge in [-0.05, 0) is 44.1 Å². The molecule has 2 aromatic heterocycles. The van der Waals surface area contributed by atoms with E-state index in [1.807, 2.05) is 13.0 Å². The van der Waals surface area contributed by atoms with Crippen molar-refractivity contribution in [1.29, 1.82) is 0 Å². The third-order valence-electron chi connectivity index (χ3n) is 5.23. The van der Waals surface area contributed by atoms with E-state index in [0.29, 0.717) is 17.6 Å². The second-order valence-corrected chi connectivity index (χ2v) is 6.41.